The number of pyridine rings is 1. The first kappa shape index (κ1) is 11.8. The number of hydrogen-bond donors (Lipinski definition) is 2. The van der Waals surface area contributed by atoms with Crippen molar-refractivity contribution in [2.24, 2.45) is 0 Å². The molecule has 80 valence electrons. The number of nitrogen functional groups attached to an aromatic ring is 1. The Morgan fingerprint density at radius 2 is 2.00 bits per heavy atom. The first-order valence-corrected chi connectivity index (χ1v) is 5.54. The van der Waals surface area contributed by atoms with E-state index in [1.165, 1.54) is 6.20 Å². The molecule has 0 aliphatic heterocycles. The van der Waals surface area contributed by atoms with Gasteiger partial charge in [-0.3, -0.25) is 4.79 Å². The monoisotopic (exact) mass is 268 g/mol. The Morgan fingerprint density at radius 3 is 2.67 bits per heavy atom. The molecule has 0 spiro atoms. The SMILES string of the molecule is CC.Nc1c[nH]c2ccc(Br)cc2c1=O. The Balaban J connectivity index is 0.000000531. The Hall–Kier alpha value is -1.29. The number of aromatic nitrogens is 1. The van der Waals surface area contributed by atoms with Crippen LogP contribution < -0.4 is 11.2 Å². The predicted molar refractivity (Wildman–Crippen MR) is 68.0 cm³/mol. The number of nitrogens with one attached hydrogen (secondary N) is 1. The molecule has 1 aromatic heterocycles. The minimum Gasteiger partial charge on any atom is -0.394 e. The Labute approximate surface area is 96.4 Å². The van der Waals surface area contributed by atoms with Gasteiger partial charge in [0.15, 0.2) is 0 Å². The largest absolute Gasteiger partial charge is 0.394 e. The standard InChI is InChI=1S/C9H7BrN2O.C2H6/c10-5-1-2-8-6(3-5)9(13)7(11)4-12-8;1-2/h1-4H,11H2,(H,12,13);1-2H3. The fourth-order valence-electron chi connectivity index (χ4n) is 1.21. The number of aromatic amines is 1. The fourth-order valence-corrected chi connectivity index (χ4v) is 1.57. The summed E-state index contributed by atoms with van der Waals surface area (Å²) in [6.07, 6.45) is 1.51. The van der Waals surface area contributed by atoms with Gasteiger partial charge in [0, 0.05) is 21.6 Å². The summed E-state index contributed by atoms with van der Waals surface area (Å²) in [6, 6.07) is 5.46. The van der Waals surface area contributed by atoms with E-state index in [1.54, 1.807) is 6.07 Å². The van der Waals surface area contributed by atoms with E-state index in [0.717, 1.165) is 9.99 Å². The summed E-state index contributed by atoms with van der Waals surface area (Å²) in [5.74, 6) is 0. The topological polar surface area (TPSA) is 58.9 Å². The van der Waals surface area contributed by atoms with Gasteiger partial charge in [-0.15, -0.1) is 0 Å². The highest BCUT2D eigenvalue weighted by Gasteiger charge is 2.01. The van der Waals surface area contributed by atoms with Crippen molar-refractivity contribution in [3.05, 3.63) is 39.1 Å². The van der Waals surface area contributed by atoms with Crippen LogP contribution in [-0.2, 0) is 0 Å². The summed E-state index contributed by atoms with van der Waals surface area (Å²) in [7, 11) is 0. The van der Waals surface area contributed by atoms with E-state index in [1.807, 2.05) is 26.0 Å². The van der Waals surface area contributed by atoms with E-state index in [0.29, 0.717) is 5.39 Å². The van der Waals surface area contributed by atoms with Crippen molar-refractivity contribution in [3.8, 4) is 0 Å². The van der Waals surface area contributed by atoms with Crippen molar-refractivity contribution in [2.75, 3.05) is 5.73 Å². The normalized spacial score (nSPS) is 9.53. The zero-order chi connectivity index (χ0) is 11.4. The fraction of sp³-hybridized carbons (Fsp3) is 0.182. The average Bonchev–Trinajstić information content (AvgIpc) is 2.27. The lowest BCUT2D eigenvalue weighted by Crippen LogP contribution is -2.08. The highest BCUT2D eigenvalue weighted by molar-refractivity contribution is 9.10. The van der Waals surface area contributed by atoms with E-state index >= 15 is 0 Å². The molecule has 1 heterocycles. The van der Waals surface area contributed by atoms with Gasteiger partial charge in [-0.1, -0.05) is 29.8 Å². The highest BCUT2D eigenvalue weighted by Crippen LogP contribution is 2.15. The summed E-state index contributed by atoms with van der Waals surface area (Å²) in [5, 5.41) is 0.606. The molecule has 4 heteroatoms. The van der Waals surface area contributed by atoms with Crippen LogP contribution in [0.4, 0.5) is 5.69 Å². The van der Waals surface area contributed by atoms with Crippen LogP contribution in [0, 0.1) is 0 Å². The Kier molecular flexibility index (Phi) is 3.91. The molecule has 2 aromatic rings. The zero-order valence-corrected chi connectivity index (χ0v) is 10.3. The molecule has 3 N–H and O–H groups in total. The summed E-state index contributed by atoms with van der Waals surface area (Å²) in [4.78, 5) is 14.5. The average molecular weight is 269 g/mol. The number of benzene rings is 1. The van der Waals surface area contributed by atoms with Crippen LogP contribution >= 0.6 is 15.9 Å². The molecule has 2 rings (SSSR count). The number of rotatable bonds is 0. The second-order valence-corrected chi connectivity index (χ2v) is 3.68. The van der Waals surface area contributed by atoms with Gasteiger partial charge in [0.1, 0.15) is 0 Å². The number of fused-ring (bicyclic) bond motifs is 1. The number of H-pyrrole nitrogens is 1. The molecule has 0 atom stereocenters. The lowest BCUT2D eigenvalue weighted by atomic mass is 10.2. The van der Waals surface area contributed by atoms with E-state index in [-0.39, 0.29) is 11.1 Å². The number of nitrogens with two attached hydrogens (primary N) is 1. The van der Waals surface area contributed by atoms with Gasteiger partial charge in [-0.05, 0) is 18.2 Å². The first-order chi connectivity index (χ1) is 7.18. The van der Waals surface area contributed by atoms with Gasteiger partial charge in [-0.2, -0.15) is 0 Å². The second-order valence-electron chi connectivity index (χ2n) is 2.76. The Morgan fingerprint density at radius 1 is 1.33 bits per heavy atom. The molecule has 15 heavy (non-hydrogen) atoms. The molecular formula is C11H13BrN2O. The highest BCUT2D eigenvalue weighted by atomic mass is 79.9. The van der Waals surface area contributed by atoms with Crippen molar-refractivity contribution in [2.45, 2.75) is 13.8 Å². The van der Waals surface area contributed by atoms with Crippen molar-refractivity contribution in [1.82, 2.24) is 4.98 Å². The predicted octanol–water partition coefficient (Wildman–Crippen LogP) is 2.90. The van der Waals surface area contributed by atoms with E-state index < -0.39 is 0 Å². The molecule has 0 bridgehead atoms. The quantitative estimate of drug-likeness (QED) is 0.772. The van der Waals surface area contributed by atoms with Gasteiger partial charge in [0.2, 0.25) is 5.43 Å². The second kappa shape index (κ2) is 4.98. The van der Waals surface area contributed by atoms with Gasteiger partial charge in [0.25, 0.3) is 0 Å². The minimum absolute atomic E-state index is 0.130. The van der Waals surface area contributed by atoms with Gasteiger partial charge in [0.05, 0.1) is 5.69 Å². The van der Waals surface area contributed by atoms with Crippen LogP contribution in [0.15, 0.2) is 33.7 Å². The van der Waals surface area contributed by atoms with Crippen molar-refractivity contribution in [1.29, 1.82) is 0 Å². The maximum atomic E-state index is 11.5. The van der Waals surface area contributed by atoms with E-state index in [9.17, 15) is 4.79 Å². The first-order valence-electron chi connectivity index (χ1n) is 4.75. The maximum Gasteiger partial charge on any atom is 0.212 e. The van der Waals surface area contributed by atoms with Crippen LogP contribution in [0.25, 0.3) is 10.9 Å². The molecule has 0 fully saturated rings. The third kappa shape index (κ3) is 2.39. The van der Waals surface area contributed by atoms with Crippen molar-refractivity contribution < 1.29 is 0 Å². The van der Waals surface area contributed by atoms with Gasteiger partial charge in [-0.25, -0.2) is 0 Å². The lowest BCUT2D eigenvalue weighted by molar-refractivity contribution is 1.39. The van der Waals surface area contributed by atoms with E-state index in [2.05, 4.69) is 20.9 Å². The third-order valence-corrected chi connectivity index (χ3v) is 2.36. The van der Waals surface area contributed by atoms with E-state index in [4.69, 9.17) is 5.73 Å². The molecule has 1 aromatic carbocycles. The molecule has 0 amide bonds. The number of hydrogen-bond acceptors (Lipinski definition) is 2. The van der Waals surface area contributed by atoms with Gasteiger partial charge >= 0.3 is 0 Å². The lowest BCUT2D eigenvalue weighted by Gasteiger charge is -1.99. The number of halogens is 1. The molecule has 0 radical (unpaired) electrons. The molecule has 0 saturated heterocycles. The van der Waals surface area contributed by atoms with Crippen LogP contribution in [0.5, 0.6) is 0 Å². The van der Waals surface area contributed by atoms with Crippen LogP contribution in [-0.4, -0.2) is 4.98 Å². The summed E-state index contributed by atoms with van der Waals surface area (Å²) in [5.41, 5.74) is 6.38. The summed E-state index contributed by atoms with van der Waals surface area (Å²) in [6.45, 7) is 4.00. The third-order valence-electron chi connectivity index (χ3n) is 1.87. The molecular weight excluding hydrogens is 256 g/mol. The van der Waals surface area contributed by atoms with Crippen molar-refractivity contribution >= 4 is 32.5 Å². The van der Waals surface area contributed by atoms with Crippen molar-refractivity contribution in [3.63, 3.8) is 0 Å². The van der Waals surface area contributed by atoms with Crippen LogP contribution in [0.1, 0.15) is 13.8 Å². The maximum absolute atomic E-state index is 11.5. The smallest absolute Gasteiger partial charge is 0.212 e. The summed E-state index contributed by atoms with van der Waals surface area (Å²) >= 11 is 3.30. The molecule has 0 saturated carbocycles. The molecule has 0 unspecified atom stereocenters. The molecule has 0 aliphatic rings. The Bertz CT molecular complexity index is 514. The molecule has 3 nitrogen and oxygen atoms in total. The zero-order valence-electron chi connectivity index (χ0n) is 8.67. The molecule has 0 aliphatic carbocycles. The summed E-state index contributed by atoms with van der Waals surface area (Å²) < 4.78 is 0.871. The van der Waals surface area contributed by atoms with Gasteiger partial charge < -0.3 is 10.7 Å². The van der Waals surface area contributed by atoms with Crippen LogP contribution in [0.3, 0.4) is 0 Å². The minimum atomic E-state index is -0.130. The number of anilines is 1. The van der Waals surface area contributed by atoms with Crippen LogP contribution in [0.2, 0.25) is 0 Å².